The third-order valence-electron chi connectivity index (χ3n) is 3.74. The molecule has 2 aromatic rings. The van der Waals surface area contributed by atoms with Crippen LogP contribution in [0, 0.1) is 0 Å². The van der Waals surface area contributed by atoms with Crippen molar-refractivity contribution < 1.29 is 21.6 Å². The summed E-state index contributed by atoms with van der Waals surface area (Å²) in [7, 11) is -5.95. The number of rotatable bonds is 8. The van der Waals surface area contributed by atoms with Gasteiger partial charge in [0.1, 0.15) is 5.75 Å². The van der Waals surface area contributed by atoms with Crippen molar-refractivity contribution in [2.24, 2.45) is 0 Å². The lowest BCUT2D eigenvalue weighted by molar-refractivity contribution is 0.413. The maximum atomic E-state index is 12.8. The predicted octanol–water partition coefficient (Wildman–Crippen LogP) is 2.74. The van der Waals surface area contributed by atoms with Crippen molar-refractivity contribution >= 4 is 20.0 Å². The fourth-order valence-corrected chi connectivity index (χ4v) is 5.40. The van der Waals surface area contributed by atoms with Crippen molar-refractivity contribution in [3.05, 3.63) is 42.5 Å². The standard InChI is InChI=1S/C19H26N2O5S2/c1-13(2)20-27(22,23)17-9-6-15(7-10-17)18-11-8-16(26-5)12-19(18)28(24,25)21-14(3)4/h6-14,20-21H,1-5H3. The van der Waals surface area contributed by atoms with Gasteiger partial charge in [0.25, 0.3) is 0 Å². The largest absolute Gasteiger partial charge is 0.497 e. The highest BCUT2D eigenvalue weighted by atomic mass is 32.2. The van der Waals surface area contributed by atoms with Gasteiger partial charge in [0.15, 0.2) is 0 Å². The summed E-state index contributed by atoms with van der Waals surface area (Å²) in [5.74, 6) is 0.410. The number of hydrogen-bond acceptors (Lipinski definition) is 5. The monoisotopic (exact) mass is 426 g/mol. The van der Waals surface area contributed by atoms with E-state index in [-0.39, 0.29) is 21.9 Å². The maximum Gasteiger partial charge on any atom is 0.241 e. The SMILES string of the molecule is COc1ccc(-c2ccc(S(=O)(=O)NC(C)C)cc2)c(S(=O)(=O)NC(C)C)c1. The van der Waals surface area contributed by atoms with Crippen LogP contribution in [0.5, 0.6) is 5.75 Å². The summed E-state index contributed by atoms with van der Waals surface area (Å²) in [5, 5.41) is 0. The van der Waals surface area contributed by atoms with E-state index in [2.05, 4.69) is 9.44 Å². The average molecular weight is 427 g/mol. The predicted molar refractivity (Wildman–Crippen MR) is 109 cm³/mol. The molecule has 28 heavy (non-hydrogen) atoms. The molecule has 0 spiro atoms. The molecule has 0 saturated heterocycles. The van der Waals surface area contributed by atoms with Crippen molar-refractivity contribution in [2.45, 2.75) is 49.6 Å². The van der Waals surface area contributed by atoms with Crippen LogP contribution in [-0.2, 0) is 20.0 Å². The zero-order chi connectivity index (χ0) is 21.1. The molecular formula is C19H26N2O5S2. The molecular weight excluding hydrogens is 400 g/mol. The molecule has 7 nitrogen and oxygen atoms in total. The molecule has 0 aliphatic heterocycles. The lowest BCUT2D eigenvalue weighted by Gasteiger charge is -2.15. The molecule has 154 valence electrons. The quantitative estimate of drug-likeness (QED) is 0.676. The van der Waals surface area contributed by atoms with Crippen molar-refractivity contribution in [3.8, 4) is 16.9 Å². The first-order valence-electron chi connectivity index (χ1n) is 8.79. The van der Waals surface area contributed by atoms with E-state index in [1.165, 1.54) is 25.3 Å². The molecule has 0 saturated carbocycles. The number of sulfonamides is 2. The lowest BCUT2D eigenvalue weighted by Crippen LogP contribution is -2.30. The molecule has 2 aromatic carbocycles. The van der Waals surface area contributed by atoms with Crippen LogP contribution in [0.15, 0.2) is 52.3 Å². The number of ether oxygens (including phenoxy) is 1. The Labute approximate surface area is 167 Å². The fraction of sp³-hybridized carbons (Fsp3) is 0.368. The van der Waals surface area contributed by atoms with E-state index in [0.29, 0.717) is 16.9 Å². The minimum atomic E-state index is -3.79. The molecule has 0 aliphatic carbocycles. The third kappa shape index (κ3) is 5.32. The van der Waals surface area contributed by atoms with Crippen LogP contribution in [0.2, 0.25) is 0 Å². The second-order valence-corrected chi connectivity index (χ2v) is 10.3. The highest BCUT2D eigenvalue weighted by Crippen LogP contribution is 2.31. The number of nitrogens with one attached hydrogen (secondary N) is 2. The Balaban J connectivity index is 2.54. The number of hydrogen-bond donors (Lipinski definition) is 2. The lowest BCUT2D eigenvalue weighted by atomic mass is 10.1. The Morgan fingerprint density at radius 2 is 1.32 bits per heavy atom. The van der Waals surface area contributed by atoms with Gasteiger partial charge in [0.2, 0.25) is 20.0 Å². The molecule has 0 heterocycles. The van der Waals surface area contributed by atoms with E-state index in [4.69, 9.17) is 4.74 Å². The van der Waals surface area contributed by atoms with Crippen LogP contribution < -0.4 is 14.2 Å². The van der Waals surface area contributed by atoms with Crippen LogP contribution in [0.4, 0.5) is 0 Å². The van der Waals surface area contributed by atoms with Gasteiger partial charge >= 0.3 is 0 Å². The summed E-state index contributed by atoms with van der Waals surface area (Å²) in [4.78, 5) is 0.180. The van der Waals surface area contributed by atoms with Crippen LogP contribution >= 0.6 is 0 Å². The number of methoxy groups -OCH3 is 1. The fourth-order valence-electron chi connectivity index (χ4n) is 2.66. The van der Waals surface area contributed by atoms with Crippen molar-refractivity contribution in [1.29, 1.82) is 0 Å². The maximum absolute atomic E-state index is 12.8. The minimum absolute atomic E-state index is 0.0662. The summed E-state index contributed by atoms with van der Waals surface area (Å²) in [6.07, 6.45) is 0. The first-order valence-corrected chi connectivity index (χ1v) is 11.8. The summed E-state index contributed by atoms with van der Waals surface area (Å²) >= 11 is 0. The normalized spacial score (nSPS) is 12.5. The summed E-state index contributed by atoms with van der Waals surface area (Å²) < 4.78 is 60.4. The summed E-state index contributed by atoms with van der Waals surface area (Å²) in [6.45, 7) is 6.95. The van der Waals surface area contributed by atoms with Gasteiger partial charge in [-0.25, -0.2) is 26.3 Å². The van der Waals surface area contributed by atoms with E-state index < -0.39 is 20.0 Å². The first-order chi connectivity index (χ1) is 13.0. The molecule has 0 fully saturated rings. The molecule has 0 radical (unpaired) electrons. The van der Waals surface area contributed by atoms with E-state index in [1.54, 1.807) is 52.0 Å². The summed E-state index contributed by atoms with van der Waals surface area (Å²) in [5.41, 5.74) is 1.03. The molecule has 0 amide bonds. The van der Waals surface area contributed by atoms with E-state index in [0.717, 1.165) is 0 Å². The van der Waals surface area contributed by atoms with Crippen LogP contribution in [0.25, 0.3) is 11.1 Å². The van der Waals surface area contributed by atoms with Gasteiger partial charge in [-0.05, 0) is 57.5 Å². The molecule has 9 heteroatoms. The molecule has 2 rings (SSSR count). The highest BCUT2D eigenvalue weighted by molar-refractivity contribution is 7.90. The zero-order valence-corrected chi connectivity index (χ0v) is 18.2. The summed E-state index contributed by atoms with van der Waals surface area (Å²) in [6, 6.07) is 10.3. The van der Waals surface area contributed by atoms with Crippen molar-refractivity contribution in [2.75, 3.05) is 7.11 Å². The Hall–Kier alpha value is -1.94. The topological polar surface area (TPSA) is 102 Å². The molecule has 0 unspecified atom stereocenters. The van der Waals surface area contributed by atoms with E-state index in [1.807, 2.05) is 0 Å². The Kier molecular flexibility index (Phi) is 6.87. The Bertz CT molecular complexity index is 1030. The molecule has 0 bridgehead atoms. The Morgan fingerprint density at radius 1 is 0.786 bits per heavy atom. The molecule has 0 aromatic heterocycles. The number of benzene rings is 2. The minimum Gasteiger partial charge on any atom is -0.497 e. The zero-order valence-electron chi connectivity index (χ0n) is 16.6. The van der Waals surface area contributed by atoms with E-state index in [9.17, 15) is 16.8 Å². The third-order valence-corrected chi connectivity index (χ3v) is 7.11. The molecule has 0 atom stereocenters. The van der Waals surface area contributed by atoms with Gasteiger partial charge in [-0.3, -0.25) is 0 Å². The van der Waals surface area contributed by atoms with Gasteiger partial charge in [-0.1, -0.05) is 12.1 Å². The molecule has 2 N–H and O–H groups in total. The average Bonchev–Trinajstić information content (AvgIpc) is 2.59. The van der Waals surface area contributed by atoms with Crippen LogP contribution in [0.3, 0.4) is 0 Å². The Morgan fingerprint density at radius 3 is 1.82 bits per heavy atom. The van der Waals surface area contributed by atoms with Gasteiger partial charge in [-0.15, -0.1) is 0 Å². The second-order valence-electron chi connectivity index (χ2n) is 6.94. The second kappa shape index (κ2) is 8.60. The van der Waals surface area contributed by atoms with Gasteiger partial charge in [0, 0.05) is 23.7 Å². The van der Waals surface area contributed by atoms with Crippen LogP contribution in [0.1, 0.15) is 27.7 Å². The van der Waals surface area contributed by atoms with Crippen molar-refractivity contribution in [1.82, 2.24) is 9.44 Å². The van der Waals surface area contributed by atoms with Crippen molar-refractivity contribution in [3.63, 3.8) is 0 Å². The molecule has 0 aliphatic rings. The van der Waals surface area contributed by atoms with Gasteiger partial charge in [0.05, 0.1) is 16.9 Å². The van der Waals surface area contributed by atoms with E-state index >= 15 is 0 Å². The highest BCUT2D eigenvalue weighted by Gasteiger charge is 2.22. The first kappa shape index (κ1) is 22.4. The van der Waals surface area contributed by atoms with Gasteiger partial charge < -0.3 is 4.74 Å². The van der Waals surface area contributed by atoms with Gasteiger partial charge in [-0.2, -0.15) is 0 Å². The smallest absolute Gasteiger partial charge is 0.241 e. The van der Waals surface area contributed by atoms with Crippen LogP contribution in [-0.4, -0.2) is 36.0 Å².